The van der Waals surface area contributed by atoms with Crippen molar-refractivity contribution in [3.8, 4) is 5.75 Å². The number of benzene rings is 2. The van der Waals surface area contributed by atoms with Crippen molar-refractivity contribution in [3.05, 3.63) is 63.6 Å². The van der Waals surface area contributed by atoms with Gasteiger partial charge < -0.3 is 4.74 Å². The van der Waals surface area contributed by atoms with E-state index in [4.69, 9.17) is 27.9 Å². The van der Waals surface area contributed by atoms with Gasteiger partial charge in [-0.3, -0.25) is 4.79 Å². The molecule has 2 rings (SSSR count). The molecule has 0 saturated heterocycles. The second-order valence-corrected chi connectivity index (χ2v) is 6.76. The van der Waals surface area contributed by atoms with Crippen LogP contribution in [0.3, 0.4) is 0 Å². The maximum absolute atomic E-state index is 12.3. The molecule has 6 heteroatoms. The Balaban J connectivity index is 2.01. The molecule has 132 valence electrons. The Hall–Kier alpha value is -2.04. The lowest BCUT2D eigenvalue weighted by atomic mass is 10.1. The summed E-state index contributed by atoms with van der Waals surface area (Å²) in [5.74, 6) is 0.238. The number of nitrogens with zero attached hydrogens (tertiary/aromatic N) is 1. The van der Waals surface area contributed by atoms with Gasteiger partial charge >= 0.3 is 0 Å². The zero-order valence-corrected chi connectivity index (χ0v) is 15.9. The second-order valence-electron chi connectivity index (χ2n) is 5.94. The predicted octanol–water partition coefficient (Wildman–Crippen LogP) is 4.86. The highest BCUT2D eigenvalue weighted by molar-refractivity contribution is 6.38. The molecule has 25 heavy (non-hydrogen) atoms. The third kappa shape index (κ3) is 5.21. The van der Waals surface area contributed by atoms with E-state index in [9.17, 15) is 4.79 Å². The normalized spacial score (nSPS) is 11.6. The summed E-state index contributed by atoms with van der Waals surface area (Å²) in [4.78, 5) is 12.3. The Morgan fingerprint density at radius 3 is 2.32 bits per heavy atom. The average Bonchev–Trinajstić information content (AvgIpc) is 2.57. The van der Waals surface area contributed by atoms with Gasteiger partial charge in [0.1, 0.15) is 5.75 Å². The zero-order valence-electron chi connectivity index (χ0n) is 14.3. The number of carbonyl (C=O) groups excluding carboxylic acids is 1. The molecule has 0 aromatic heterocycles. The van der Waals surface area contributed by atoms with Crippen molar-refractivity contribution < 1.29 is 9.53 Å². The molecule has 4 nitrogen and oxygen atoms in total. The molecule has 0 aliphatic heterocycles. The number of nitrogens with one attached hydrogen (secondary N) is 1. The molecule has 0 heterocycles. The summed E-state index contributed by atoms with van der Waals surface area (Å²) in [6, 6.07) is 12.8. The topological polar surface area (TPSA) is 50.7 Å². The summed E-state index contributed by atoms with van der Waals surface area (Å²) in [6.07, 6.45) is 2.36. The van der Waals surface area contributed by atoms with Gasteiger partial charge in [-0.1, -0.05) is 48.3 Å². The maximum atomic E-state index is 12.3. The van der Waals surface area contributed by atoms with Gasteiger partial charge in [0.2, 0.25) is 0 Å². The second kappa shape index (κ2) is 8.37. The highest BCUT2D eigenvalue weighted by atomic mass is 35.5. The number of ether oxygens (including phenoxy) is 1. The summed E-state index contributed by atoms with van der Waals surface area (Å²) in [5.41, 5.74) is 3.12. The molecule has 0 unspecified atom stereocenters. The van der Waals surface area contributed by atoms with E-state index in [1.165, 1.54) is 11.8 Å². The number of aryl methyl sites for hydroxylation is 1. The highest BCUT2D eigenvalue weighted by Gasteiger charge is 2.29. The van der Waals surface area contributed by atoms with Gasteiger partial charge in [-0.2, -0.15) is 5.10 Å². The van der Waals surface area contributed by atoms with Gasteiger partial charge in [0.05, 0.1) is 16.3 Å². The molecule has 0 saturated carbocycles. The standard InChI is InChI=1S/C19H20Cl2N2O2/c1-4-13-8-10-14(11-9-13)25-19(2,3)18(24)23-22-12-15-16(20)6-5-7-17(15)21/h5-12H,4H2,1-3H3,(H,23,24)/b22-12-. The minimum atomic E-state index is -1.09. The number of rotatable bonds is 6. The van der Waals surface area contributed by atoms with Crippen LogP contribution in [0.25, 0.3) is 0 Å². The number of hydrogen-bond donors (Lipinski definition) is 1. The van der Waals surface area contributed by atoms with E-state index in [0.717, 1.165) is 6.42 Å². The first kappa shape index (κ1) is 19.3. The lowest BCUT2D eigenvalue weighted by molar-refractivity contribution is -0.134. The molecular formula is C19H20Cl2N2O2. The Morgan fingerprint density at radius 1 is 1.16 bits per heavy atom. The van der Waals surface area contributed by atoms with E-state index in [1.54, 1.807) is 32.0 Å². The molecule has 0 radical (unpaired) electrons. The summed E-state index contributed by atoms with van der Waals surface area (Å²) in [5, 5.41) is 4.84. The van der Waals surface area contributed by atoms with Crippen LogP contribution in [0.2, 0.25) is 10.0 Å². The quantitative estimate of drug-likeness (QED) is 0.576. The number of hydrazone groups is 1. The van der Waals surface area contributed by atoms with E-state index < -0.39 is 5.60 Å². The monoisotopic (exact) mass is 378 g/mol. The molecule has 1 amide bonds. The lowest BCUT2D eigenvalue weighted by Crippen LogP contribution is -2.44. The molecule has 0 aliphatic carbocycles. The number of hydrogen-bond acceptors (Lipinski definition) is 3. The van der Waals surface area contributed by atoms with Crippen molar-refractivity contribution >= 4 is 35.3 Å². The number of amides is 1. The summed E-state index contributed by atoms with van der Waals surface area (Å²) < 4.78 is 5.78. The fraction of sp³-hybridized carbons (Fsp3) is 0.263. The summed E-state index contributed by atoms with van der Waals surface area (Å²) >= 11 is 12.1. The third-order valence-electron chi connectivity index (χ3n) is 3.61. The van der Waals surface area contributed by atoms with Crippen molar-refractivity contribution in [2.24, 2.45) is 5.10 Å². The van der Waals surface area contributed by atoms with Crippen LogP contribution < -0.4 is 10.2 Å². The molecule has 0 aliphatic rings. The van der Waals surface area contributed by atoms with Gasteiger partial charge in [0.15, 0.2) is 5.60 Å². The lowest BCUT2D eigenvalue weighted by Gasteiger charge is -2.24. The molecule has 0 bridgehead atoms. The molecular weight excluding hydrogens is 359 g/mol. The van der Waals surface area contributed by atoms with Crippen LogP contribution >= 0.6 is 23.2 Å². The van der Waals surface area contributed by atoms with E-state index in [0.29, 0.717) is 21.4 Å². The average molecular weight is 379 g/mol. The first-order valence-electron chi connectivity index (χ1n) is 7.89. The highest BCUT2D eigenvalue weighted by Crippen LogP contribution is 2.22. The predicted molar refractivity (Wildman–Crippen MR) is 103 cm³/mol. The first-order chi connectivity index (χ1) is 11.8. The van der Waals surface area contributed by atoms with Crippen LogP contribution in [0.5, 0.6) is 5.75 Å². The zero-order chi connectivity index (χ0) is 18.4. The number of halogens is 2. The van der Waals surface area contributed by atoms with Crippen molar-refractivity contribution in [1.82, 2.24) is 5.43 Å². The van der Waals surface area contributed by atoms with Gasteiger partial charge in [-0.05, 0) is 50.1 Å². The molecule has 2 aromatic carbocycles. The van der Waals surface area contributed by atoms with Crippen LogP contribution in [0.1, 0.15) is 31.9 Å². The SMILES string of the molecule is CCc1ccc(OC(C)(C)C(=O)N/N=C\c2c(Cl)cccc2Cl)cc1. The van der Waals surface area contributed by atoms with Crippen LogP contribution in [0.15, 0.2) is 47.6 Å². The van der Waals surface area contributed by atoms with E-state index in [-0.39, 0.29) is 5.91 Å². The maximum Gasteiger partial charge on any atom is 0.283 e. The third-order valence-corrected chi connectivity index (χ3v) is 4.27. The van der Waals surface area contributed by atoms with E-state index >= 15 is 0 Å². The van der Waals surface area contributed by atoms with Gasteiger partial charge in [0, 0.05) is 5.56 Å². The largest absolute Gasteiger partial charge is 0.478 e. The Bertz CT molecular complexity index is 751. The summed E-state index contributed by atoms with van der Waals surface area (Å²) in [6.45, 7) is 5.43. The molecule has 0 spiro atoms. The van der Waals surface area contributed by atoms with Gasteiger partial charge in [0.25, 0.3) is 5.91 Å². The Kier molecular flexibility index (Phi) is 6.45. The van der Waals surface area contributed by atoms with Crippen molar-refractivity contribution in [1.29, 1.82) is 0 Å². The van der Waals surface area contributed by atoms with Crippen molar-refractivity contribution in [3.63, 3.8) is 0 Å². The number of carbonyl (C=O) groups is 1. The molecule has 0 atom stereocenters. The van der Waals surface area contributed by atoms with Gasteiger partial charge in [-0.25, -0.2) is 5.43 Å². The smallest absolute Gasteiger partial charge is 0.283 e. The van der Waals surface area contributed by atoms with Crippen LogP contribution in [-0.4, -0.2) is 17.7 Å². The molecule has 2 aromatic rings. The minimum Gasteiger partial charge on any atom is -0.478 e. The van der Waals surface area contributed by atoms with Crippen molar-refractivity contribution in [2.45, 2.75) is 32.8 Å². The van der Waals surface area contributed by atoms with E-state index in [1.807, 2.05) is 24.3 Å². The van der Waals surface area contributed by atoms with Crippen molar-refractivity contribution in [2.75, 3.05) is 0 Å². The van der Waals surface area contributed by atoms with E-state index in [2.05, 4.69) is 17.5 Å². The molecule has 1 N–H and O–H groups in total. The fourth-order valence-corrected chi connectivity index (χ4v) is 2.55. The van der Waals surface area contributed by atoms with Crippen LogP contribution in [0, 0.1) is 0 Å². The Labute approximate surface area is 157 Å². The molecule has 0 fully saturated rings. The fourth-order valence-electron chi connectivity index (χ4n) is 2.06. The first-order valence-corrected chi connectivity index (χ1v) is 8.64. The van der Waals surface area contributed by atoms with Gasteiger partial charge in [-0.15, -0.1) is 0 Å². The minimum absolute atomic E-state index is 0.383. The van der Waals surface area contributed by atoms with Crippen LogP contribution in [0.4, 0.5) is 0 Å². The Morgan fingerprint density at radius 2 is 1.76 bits per heavy atom. The van der Waals surface area contributed by atoms with Crippen LogP contribution in [-0.2, 0) is 11.2 Å². The summed E-state index contributed by atoms with van der Waals surface area (Å²) in [7, 11) is 0.